The summed E-state index contributed by atoms with van der Waals surface area (Å²) in [6.45, 7) is 17.2. The molecule has 0 aromatic carbocycles. The molecule has 31 heavy (non-hydrogen) atoms. The zero-order valence-corrected chi connectivity index (χ0v) is 22.5. The van der Waals surface area contributed by atoms with E-state index in [1.165, 1.54) is 13.3 Å². The molecule has 2 aliphatic rings. The third-order valence-corrected chi connectivity index (χ3v) is 13.8. The Labute approximate surface area is 192 Å². The van der Waals surface area contributed by atoms with Crippen molar-refractivity contribution >= 4 is 20.1 Å². The maximum atomic E-state index is 12.5. The van der Waals surface area contributed by atoms with Crippen molar-refractivity contribution in [3.63, 3.8) is 0 Å². The monoisotopic (exact) mass is 452 g/mol. The first-order valence-corrected chi connectivity index (χ1v) is 15.4. The fourth-order valence-corrected chi connectivity index (χ4v) is 10.0. The first-order chi connectivity index (χ1) is 14.4. The smallest absolute Gasteiger partial charge is 0.303 e. The second-order valence-corrected chi connectivity index (χ2v) is 15.9. The van der Waals surface area contributed by atoms with E-state index in [1.54, 1.807) is 0 Å². The Morgan fingerprint density at radius 2 is 1.77 bits per heavy atom. The highest BCUT2D eigenvalue weighted by Gasteiger charge is 2.52. The zero-order valence-electron chi connectivity index (χ0n) is 21.5. The van der Waals surface area contributed by atoms with Gasteiger partial charge in [-0.25, -0.2) is 0 Å². The van der Waals surface area contributed by atoms with E-state index in [1.807, 2.05) is 0 Å². The molecule has 5 atom stereocenters. The highest BCUT2D eigenvalue weighted by molar-refractivity contribution is 6.73. The van der Waals surface area contributed by atoms with Gasteiger partial charge in [0, 0.05) is 19.3 Å². The number of ether oxygens (including phenoxy) is 1. The van der Waals surface area contributed by atoms with Crippen molar-refractivity contribution in [1.82, 2.24) is 0 Å². The van der Waals surface area contributed by atoms with Crippen LogP contribution in [0.4, 0.5) is 0 Å². The number of Topliss-reactive ketones (excluding diaryl/α,β-unsaturated/α-hetero) is 1. The maximum Gasteiger partial charge on any atom is 0.303 e. The quantitative estimate of drug-likeness (QED) is 0.252. The van der Waals surface area contributed by atoms with Crippen LogP contribution in [0, 0.1) is 23.2 Å². The number of carbonyl (C=O) groups excluding carboxylic acids is 2. The van der Waals surface area contributed by atoms with Gasteiger partial charge in [-0.3, -0.25) is 9.59 Å². The Morgan fingerprint density at radius 1 is 1.16 bits per heavy atom. The van der Waals surface area contributed by atoms with E-state index >= 15 is 0 Å². The first kappa shape index (κ1) is 26.6. The third-order valence-electron chi connectivity index (χ3n) is 9.00. The molecule has 180 valence electrons. The van der Waals surface area contributed by atoms with Gasteiger partial charge in [0.1, 0.15) is 11.9 Å². The lowest BCUT2D eigenvalue weighted by atomic mass is 9.62. The average molecular weight is 453 g/mol. The fraction of sp³-hybridized carbons (Fsp3) is 0.923. The van der Waals surface area contributed by atoms with E-state index in [0.29, 0.717) is 17.6 Å². The summed E-state index contributed by atoms with van der Waals surface area (Å²) in [6, 6.07) is 3.26. The molecule has 2 saturated carbocycles. The number of carbonyl (C=O) groups is 2. The van der Waals surface area contributed by atoms with Gasteiger partial charge >= 0.3 is 5.97 Å². The Bertz CT molecular complexity index is 619. The van der Waals surface area contributed by atoms with Crippen molar-refractivity contribution in [1.29, 1.82) is 0 Å². The van der Waals surface area contributed by atoms with Crippen LogP contribution in [0.5, 0.6) is 0 Å². The summed E-state index contributed by atoms with van der Waals surface area (Å²) < 4.78 is 12.7. The Hall–Kier alpha value is -0.683. The molecule has 0 amide bonds. The lowest BCUT2D eigenvalue weighted by molar-refractivity contribution is -0.159. The van der Waals surface area contributed by atoms with E-state index in [9.17, 15) is 9.59 Å². The van der Waals surface area contributed by atoms with Crippen molar-refractivity contribution in [3.05, 3.63) is 0 Å². The van der Waals surface area contributed by atoms with Crippen LogP contribution in [0.15, 0.2) is 0 Å². The largest absolute Gasteiger partial charge is 0.460 e. The number of ketones is 1. The highest BCUT2D eigenvalue weighted by atomic mass is 28.4. The number of esters is 1. The molecule has 0 unspecified atom stereocenters. The van der Waals surface area contributed by atoms with Crippen molar-refractivity contribution in [3.8, 4) is 0 Å². The molecule has 5 heteroatoms. The normalized spacial score (nSPS) is 28.8. The van der Waals surface area contributed by atoms with E-state index in [2.05, 4.69) is 48.5 Å². The van der Waals surface area contributed by atoms with Gasteiger partial charge in [0.25, 0.3) is 0 Å². The summed E-state index contributed by atoms with van der Waals surface area (Å²) in [5, 5.41) is 0. The summed E-state index contributed by atoms with van der Waals surface area (Å²) in [5.41, 5.74) is -0.324. The summed E-state index contributed by atoms with van der Waals surface area (Å²) in [4.78, 5) is 24.5. The van der Waals surface area contributed by atoms with Crippen LogP contribution in [0.2, 0.25) is 18.1 Å². The van der Waals surface area contributed by atoms with Crippen molar-refractivity contribution in [2.45, 2.75) is 130 Å². The average Bonchev–Trinajstić information content (AvgIpc) is 3.07. The zero-order chi connectivity index (χ0) is 23.4. The number of hydrogen-bond acceptors (Lipinski definition) is 4. The summed E-state index contributed by atoms with van der Waals surface area (Å²) in [7, 11) is -1.82. The molecule has 2 aliphatic carbocycles. The van der Waals surface area contributed by atoms with Crippen LogP contribution in [0.1, 0.15) is 100 Å². The summed E-state index contributed by atoms with van der Waals surface area (Å²) >= 11 is 0. The maximum absolute atomic E-state index is 12.5. The van der Waals surface area contributed by atoms with Crippen molar-refractivity contribution in [2.75, 3.05) is 0 Å². The third kappa shape index (κ3) is 5.82. The minimum atomic E-state index is -1.82. The first-order valence-electron chi connectivity index (χ1n) is 12.8. The van der Waals surface area contributed by atoms with Crippen LogP contribution >= 0.6 is 0 Å². The molecule has 0 aromatic rings. The molecule has 0 saturated heterocycles. The van der Waals surface area contributed by atoms with Gasteiger partial charge in [0.05, 0.1) is 5.60 Å². The molecule has 2 rings (SSSR count). The van der Waals surface area contributed by atoms with E-state index in [-0.39, 0.29) is 23.4 Å². The number of rotatable bonds is 11. The minimum Gasteiger partial charge on any atom is -0.460 e. The Kier molecular flexibility index (Phi) is 9.00. The van der Waals surface area contributed by atoms with E-state index in [4.69, 9.17) is 9.16 Å². The van der Waals surface area contributed by atoms with Gasteiger partial charge in [-0.05, 0) is 87.8 Å². The van der Waals surface area contributed by atoms with E-state index < -0.39 is 13.9 Å². The van der Waals surface area contributed by atoms with Gasteiger partial charge < -0.3 is 9.16 Å². The van der Waals surface area contributed by atoms with E-state index in [0.717, 1.165) is 56.7 Å². The molecular formula is C26H48O4Si. The molecule has 0 N–H and O–H groups in total. The van der Waals surface area contributed by atoms with Gasteiger partial charge in [0.15, 0.2) is 8.32 Å². The lowest BCUT2D eigenvalue weighted by Crippen LogP contribution is -2.51. The Balaban J connectivity index is 2.10. The molecule has 0 heterocycles. The highest BCUT2D eigenvalue weighted by Crippen LogP contribution is 2.57. The van der Waals surface area contributed by atoms with Crippen LogP contribution in [-0.2, 0) is 18.8 Å². The molecule has 0 spiro atoms. The molecule has 0 aromatic heterocycles. The molecule has 4 nitrogen and oxygen atoms in total. The topological polar surface area (TPSA) is 52.6 Å². The standard InChI is InChI=1S/C26H48O4Si/c1-9-31(10-2,11-3)30-25(6,7)24(29-20(5)27)17-14-19(4)21-15-16-22-23(28)13-12-18-26(21,22)8/h19,21-22,24H,9-18H2,1-8H3/t19-,21-,22+,24-,26-/m1/s1. The molecule has 0 radical (unpaired) electrons. The number of hydrogen-bond donors (Lipinski definition) is 0. The van der Waals surface area contributed by atoms with Crippen LogP contribution < -0.4 is 0 Å². The molecule has 0 bridgehead atoms. The van der Waals surface area contributed by atoms with Crippen LogP contribution in [-0.4, -0.2) is 31.8 Å². The molecule has 2 fully saturated rings. The second kappa shape index (κ2) is 10.5. The summed E-state index contributed by atoms with van der Waals surface area (Å²) in [6.07, 6.45) is 6.81. The van der Waals surface area contributed by atoms with Crippen LogP contribution in [0.25, 0.3) is 0 Å². The summed E-state index contributed by atoms with van der Waals surface area (Å²) in [5.74, 6) is 1.63. The lowest BCUT2D eigenvalue weighted by Gasteiger charge is -2.44. The SMILES string of the molecule is CC[Si](CC)(CC)OC(C)(C)[C@@H](CC[C@@H](C)[C@H]1CC[C@H]2C(=O)CCC[C@]12C)OC(C)=O. The number of fused-ring (bicyclic) bond motifs is 1. The Morgan fingerprint density at radius 3 is 2.32 bits per heavy atom. The predicted molar refractivity (Wildman–Crippen MR) is 129 cm³/mol. The fourth-order valence-electron chi connectivity index (χ4n) is 6.86. The van der Waals surface area contributed by atoms with Gasteiger partial charge in [0.2, 0.25) is 0 Å². The molecule has 0 aliphatic heterocycles. The van der Waals surface area contributed by atoms with Gasteiger partial charge in [-0.1, -0.05) is 34.6 Å². The second-order valence-electron chi connectivity index (χ2n) is 11.2. The van der Waals surface area contributed by atoms with Gasteiger partial charge in [-0.2, -0.15) is 0 Å². The van der Waals surface area contributed by atoms with Gasteiger partial charge in [-0.15, -0.1) is 0 Å². The van der Waals surface area contributed by atoms with Crippen molar-refractivity contribution < 1.29 is 18.8 Å². The van der Waals surface area contributed by atoms with Crippen molar-refractivity contribution in [2.24, 2.45) is 23.2 Å². The minimum absolute atomic E-state index is 0.159. The van der Waals surface area contributed by atoms with Crippen LogP contribution in [0.3, 0.4) is 0 Å². The molecular weight excluding hydrogens is 404 g/mol. The predicted octanol–water partition coefficient (Wildman–Crippen LogP) is 6.92.